The zero-order valence-corrected chi connectivity index (χ0v) is 12.6. The van der Waals surface area contributed by atoms with Crippen LogP contribution >= 0.6 is 0 Å². The highest BCUT2D eigenvalue weighted by molar-refractivity contribution is 5.97. The Balaban J connectivity index is 1.76. The number of amides is 1. The van der Waals surface area contributed by atoms with E-state index in [0.717, 1.165) is 17.5 Å². The Morgan fingerprint density at radius 3 is 2.26 bits per heavy atom. The Morgan fingerprint density at radius 2 is 1.70 bits per heavy atom. The van der Waals surface area contributed by atoms with Crippen molar-refractivity contribution in [2.75, 3.05) is 5.32 Å². The van der Waals surface area contributed by atoms with E-state index in [1.807, 2.05) is 36.4 Å². The maximum Gasteiger partial charge on any atom is 0.270 e. The topological polar surface area (TPSA) is 72.7 Å². The summed E-state index contributed by atoms with van der Waals surface area (Å²) in [6.07, 6.45) is 0.847. The molecule has 23 heavy (non-hydrogen) atoms. The first kappa shape index (κ1) is 13.6. The Hall–Kier alpha value is -3.02. The lowest BCUT2D eigenvalue weighted by Gasteiger charge is -2.27. The Morgan fingerprint density at radius 1 is 1.09 bits per heavy atom. The zero-order chi connectivity index (χ0) is 15.8. The minimum Gasteiger partial charge on any atom is -0.291 e. The molecular weight excluding hydrogens is 290 g/mol. The monoisotopic (exact) mass is 305 g/mol. The highest BCUT2D eigenvalue weighted by Gasteiger charge is 2.31. The number of hydrogen-bond acceptors (Lipinski definition) is 4. The standard InChI is InChI=1S/C17H15N5O/c1-22-20-17(19-21-22)18-16(23)15-13-8-4-2-6-11(13)10-12-7-3-5-9-14(12)15/h2-9,15H,10H2,1H3,(H,18,20,23). The fourth-order valence-electron chi connectivity index (χ4n) is 3.13. The van der Waals surface area contributed by atoms with Crippen LogP contribution in [0.2, 0.25) is 0 Å². The van der Waals surface area contributed by atoms with Crippen molar-refractivity contribution in [3.8, 4) is 0 Å². The van der Waals surface area contributed by atoms with Gasteiger partial charge in [-0.15, -0.1) is 5.10 Å². The van der Waals surface area contributed by atoms with Gasteiger partial charge in [0.2, 0.25) is 5.91 Å². The Kier molecular flexibility index (Phi) is 3.15. The summed E-state index contributed by atoms with van der Waals surface area (Å²) in [5, 5.41) is 14.4. The van der Waals surface area contributed by atoms with Gasteiger partial charge in [0.05, 0.1) is 13.0 Å². The molecule has 0 radical (unpaired) electrons. The lowest BCUT2D eigenvalue weighted by molar-refractivity contribution is -0.116. The number of rotatable bonds is 2. The molecule has 0 spiro atoms. The maximum absolute atomic E-state index is 12.9. The van der Waals surface area contributed by atoms with E-state index in [1.54, 1.807) is 7.05 Å². The molecule has 1 aromatic heterocycles. The van der Waals surface area contributed by atoms with Crippen LogP contribution in [0.15, 0.2) is 48.5 Å². The number of anilines is 1. The van der Waals surface area contributed by atoms with Crippen LogP contribution in [0.25, 0.3) is 0 Å². The molecule has 0 aliphatic heterocycles. The van der Waals surface area contributed by atoms with E-state index in [2.05, 4.69) is 32.9 Å². The largest absolute Gasteiger partial charge is 0.291 e. The summed E-state index contributed by atoms with van der Waals surface area (Å²) in [5.74, 6) is -0.282. The van der Waals surface area contributed by atoms with Gasteiger partial charge in [0, 0.05) is 0 Å². The molecular formula is C17H15N5O. The molecule has 2 aromatic carbocycles. The smallest absolute Gasteiger partial charge is 0.270 e. The molecule has 3 aromatic rings. The van der Waals surface area contributed by atoms with Crippen LogP contribution in [-0.2, 0) is 18.3 Å². The van der Waals surface area contributed by atoms with Crippen LogP contribution in [0.4, 0.5) is 5.95 Å². The van der Waals surface area contributed by atoms with Crippen molar-refractivity contribution >= 4 is 11.9 Å². The van der Waals surface area contributed by atoms with Gasteiger partial charge in [-0.2, -0.15) is 4.80 Å². The molecule has 1 aliphatic carbocycles. The second-order valence-electron chi connectivity index (χ2n) is 5.60. The first-order valence-electron chi connectivity index (χ1n) is 7.43. The predicted octanol–water partition coefficient (Wildman–Crippen LogP) is 1.88. The van der Waals surface area contributed by atoms with Crippen molar-refractivity contribution in [3.63, 3.8) is 0 Å². The quantitative estimate of drug-likeness (QED) is 0.784. The first-order valence-corrected chi connectivity index (χ1v) is 7.43. The normalized spacial score (nSPS) is 13.3. The van der Waals surface area contributed by atoms with Gasteiger partial charge in [0.15, 0.2) is 0 Å². The zero-order valence-electron chi connectivity index (χ0n) is 12.6. The van der Waals surface area contributed by atoms with Gasteiger partial charge in [-0.05, 0) is 33.9 Å². The van der Waals surface area contributed by atoms with E-state index in [0.29, 0.717) is 0 Å². The summed E-state index contributed by atoms with van der Waals surface area (Å²) in [7, 11) is 1.66. The highest BCUT2D eigenvalue weighted by Crippen LogP contribution is 2.36. The molecule has 0 saturated carbocycles. The van der Waals surface area contributed by atoms with Crippen molar-refractivity contribution in [2.45, 2.75) is 12.3 Å². The summed E-state index contributed by atoms with van der Waals surface area (Å²) in [4.78, 5) is 14.2. The summed E-state index contributed by atoms with van der Waals surface area (Å²) >= 11 is 0. The molecule has 0 fully saturated rings. The molecule has 4 rings (SSSR count). The van der Waals surface area contributed by atoms with Gasteiger partial charge in [0.1, 0.15) is 0 Å². The van der Waals surface area contributed by atoms with E-state index in [1.165, 1.54) is 15.9 Å². The molecule has 0 saturated heterocycles. The van der Waals surface area contributed by atoms with Crippen molar-refractivity contribution in [1.82, 2.24) is 20.2 Å². The predicted molar refractivity (Wildman–Crippen MR) is 85.0 cm³/mol. The van der Waals surface area contributed by atoms with Crippen molar-refractivity contribution in [2.24, 2.45) is 7.05 Å². The third kappa shape index (κ3) is 2.38. The number of nitrogens with one attached hydrogen (secondary N) is 1. The summed E-state index contributed by atoms with van der Waals surface area (Å²) in [6.45, 7) is 0. The molecule has 0 atom stereocenters. The van der Waals surface area contributed by atoms with Crippen molar-refractivity contribution in [3.05, 3.63) is 70.8 Å². The van der Waals surface area contributed by atoms with Gasteiger partial charge < -0.3 is 0 Å². The number of benzene rings is 2. The summed E-state index contributed by atoms with van der Waals surface area (Å²) < 4.78 is 0. The van der Waals surface area contributed by atoms with E-state index < -0.39 is 0 Å². The minimum atomic E-state index is -0.361. The van der Waals surface area contributed by atoms with E-state index in [4.69, 9.17) is 0 Å². The molecule has 1 aliphatic rings. The number of hydrogen-bond donors (Lipinski definition) is 1. The van der Waals surface area contributed by atoms with Crippen LogP contribution in [0.5, 0.6) is 0 Å². The number of carbonyl (C=O) groups is 1. The van der Waals surface area contributed by atoms with Gasteiger partial charge in [-0.25, -0.2) is 0 Å². The number of tetrazole rings is 1. The lowest BCUT2D eigenvalue weighted by Crippen LogP contribution is -2.27. The van der Waals surface area contributed by atoms with E-state index in [-0.39, 0.29) is 17.8 Å². The summed E-state index contributed by atoms with van der Waals surface area (Å²) in [5.41, 5.74) is 4.43. The maximum atomic E-state index is 12.9. The van der Waals surface area contributed by atoms with Gasteiger partial charge >= 0.3 is 0 Å². The number of fused-ring (bicyclic) bond motifs is 2. The fourth-order valence-corrected chi connectivity index (χ4v) is 3.13. The number of aryl methyl sites for hydroxylation is 1. The third-order valence-electron chi connectivity index (χ3n) is 4.12. The van der Waals surface area contributed by atoms with Crippen LogP contribution in [0.1, 0.15) is 28.2 Å². The molecule has 114 valence electrons. The van der Waals surface area contributed by atoms with Crippen LogP contribution in [-0.4, -0.2) is 26.1 Å². The second kappa shape index (κ2) is 5.31. The average Bonchev–Trinajstić information content (AvgIpc) is 2.97. The molecule has 1 heterocycles. The Bertz CT molecular complexity index is 840. The molecule has 0 bridgehead atoms. The van der Waals surface area contributed by atoms with Crippen LogP contribution in [0, 0.1) is 0 Å². The molecule has 6 nitrogen and oxygen atoms in total. The lowest BCUT2D eigenvalue weighted by atomic mass is 9.78. The van der Waals surface area contributed by atoms with Gasteiger partial charge in [0.25, 0.3) is 5.95 Å². The molecule has 1 N–H and O–H groups in total. The fraction of sp³-hybridized carbons (Fsp3) is 0.176. The van der Waals surface area contributed by atoms with Gasteiger partial charge in [-0.3, -0.25) is 10.1 Å². The van der Waals surface area contributed by atoms with Crippen molar-refractivity contribution in [1.29, 1.82) is 0 Å². The Labute approximate surface area is 133 Å². The first-order chi connectivity index (χ1) is 11.2. The van der Waals surface area contributed by atoms with Crippen LogP contribution in [0.3, 0.4) is 0 Å². The molecule has 1 amide bonds. The molecule has 0 unspecified atom stereocenters. The van der Waals surface area contributed by atoms with E-state index >= 15 is 0 Å². The number of nitrogens with zero attached hydrogens (tertiary/aromatic N) is 4. The van der Waals surface area contributed by atoms with E-state index in [9.17, 15) is 4.79 Å². The van der Waals surface area contributed by atoms with Crippen LogP contribution < -0.4 is 5.32 Å². The van der Waals surface area contributed by atoms with Crippen molar-refractivity contribution < 1.29 is 4.79 Å². The SMILES string of the molecule is Cn1nnc(NC(=O)C2c3ccccc3Cc3ccccc32)n1. The third-order valence-corrected chi connectivity index (χ3v) is 4.12. The average molecular weight is 305 g/mol. The van der Waals surface area contributed by atoms with Gasteiger partial charge in [-0.1, -0.05) is 53.6 Å². The number of aromatic nitrogens is 4. The minimum absolute atomic E-state index is 0.141. The molecule has 6 heteroatoms. The summed E-state index contributed by atoms with van der Waals surface area (Å²) in [6, 6.07) is 16.1. The number of carbonyl (C=O) groups excluding carboxylic acids is 1. The second-order valence-corrected chi connectivity index (χ2v) is 5.60. The highest BCUT2D eigenvalue weighted by atomic mass is 16.2.